The molecule has 1 amide bonds. The highest BCUT2D eigenvalue weighted by Crippen LogP contribution is 2.40. The molecule has 0 spiro atoms. The standard InChI is InChI=1S/C19H19ClN4O5S/c20-15-3-1-2-4-16(15)30(27,28)13-9-12(14(10-13)19(26)22-8-7-21)11-29-18-6-5-17(25)23-24-18/h1-6,12-14H,8-11H2,(H,22,26)(H,23,25)/t12-,13?,14+/m0/s1. The average molecular weight is 451 g/mol. The van der Waals surface area contributed by atoms with Crippen LogP contribution in [-0.4, -0.2) is 42.9 Å². The number of carbonyl (C=O) groups excluding carboxylic acids is 1. The number of nitriles is 1. The van der Waals surface area contributed by atoms with Crippen molar-refractivity contribution in [3.05, 3.63) is 51.8 Å². The second-order valence-electron chi connectivity index (χ2n) is 6.88. The topological polar surface area (TPSA) is 142 Å². The van der Waals surface area contributed by atoms with Crippen molar-refractivity contribution in [3.8, 4) is 11.9 Å². The zero-order valence-electron chi connectivity index (χ0n) is 15.7. The zero-order valence-corrected chi connectivity index (χ0v) is 17.3. The number of amides is 1. The van der Waals surface area contributed by atoms with E-state index >= 15 is 0 Å². The minimum atomic E-state index is -3.77. The number of sulfone groups is 1. The van der Waals surface area contributed by atoms with Crippen LogP contribution in [-0.2, 0) is 14.6 Å². The third-order valence-corrected chi connectivity index (χ3v) is 7.68. The van der Waals surface area contributed by atoms with Gasteiger partial charge in [0.25, 0.3) is 5.56 Å². The van der Waals surface area contributed by atoms with Crippen molar-refractivity contribution in [2.45, 2.75) is 23.0 Å². The van der Waals surface area contributed by atoms with Crippen LogP contribution in [0.1, 0.15) is 12.8 Å². The number of aromatic amines is 1. The smallest absolute Gasteiger partial charge is 0.264 e. The average Bonchev–Trinajstić information content (AvgIpc) is 3.17. The van der Waals surface area contributed by atoms with Crippen LogP contribution in [0.25, 0.3) is 0 Å². The lowest BCUT2D eigenvalue weighted by Gasteiger charge is -2.18. The third-order valence-electron chi connectivity index (χ3n) is 5.01. The lowest BCUT2D eigenvalue weighted by Crippen LogP contribution is -2.34. The summed E-state index contributed by atoms with van der Waals surface area (Å²) in [5.74, 6) is -1.34. The van der Waals surface area contributed by atoms with Gasteiger partial charge >= 0.3 is 0 Å². The molecule has 30 heavy (non-hydrogen) atoms. The van der Waals surface area contributed by atoms with Gasteiger partial charge in [-0.15, -0.1) is 5.10 Å². The maximum atomic E-state index is 13.1. The molecule has 1 heterocycles. The SMILES string of the molecule is N#CCNC(=O)[C@@H]1CC(S(=O)(=O)c2ccccc2Cl)C[C@H]1COc1ccc(=O)[nH]n1. The highest BCUT2D eigenvalue weighted by Gasteiger charge is 2.45. The molecule has 1 fully saturated rings. The number of benzene rings is 1. The molecule has 2 aromatic rings. The van der Waals surface area contributed by atoms with Gasteiger partial charge in [-0.2, -0.15) is 5.26 Å². The number of nitrogens with zero attached hydrogens (tertiary/aromatic N) is 2. The lowest BCUT2D eigenvalue weighted by atomic mass is 9.96. The quantitative estimate of drug-likeness (QED) is 0.605. The first-order chi connectivity index (χ1) is 14.3. The summed E-state index contributed by atoms with van der Waals surface area (Å²) in [7, 11) is -3.77. The molecule has 1 saturated carbocycles. The normalized spacial score (nSPS) is 21.0. The Hall–Kier alpha value is -2.90. The predicted molar refractivity (Wildman–Crippen MR) is 108 cm³/mol. The molecule has 3 atom stereocenters. The van der Waals surface area contributed by atoms with Crippen molar-refractivity contribution in [3.63, 3.8) is 0 Å². The van der Waals surface area contributed by atoms with Crippen molar-refractivity contribution in [1.82, 2.24) is 15.5 Å². The molecular weight excluding hydrogens is 432 g/mol. The van der Waals surface area contributed by atoms with Gasteiger partial charge in [0.05, 0.1) is 27.8 Å². The van der Waals surface area contributed by atoms with E-state index in [1.807, 2.05) is 6.07 Å². The van der Waals surface area contributed by atoms with Crippen LogP contribution in [0, 0.1) is 23.2 Å². The van der Waals surface area contributed by atoms with Crippen LogP contribution in [0.15, 0.2) is 46.1 Å². The maximum absolute atomic E-state index is 13.1. The van der Waals surface area contributed by atoms with E-state index in [1.54, 1.807) is 12.1 Å². The first kappa shape index (κ1) is 21.8. The molecule has 0 radical (unpaired) electrons. The Bertz CT molecular complexity index is 1110. The Kier molecular flexibility index (Phi) is 6.74. The zero-order chi connectivity index (χ0) is 21.7. The molecule has 2 N–H and O–H groups in total. The third kappa shape index (κ3) is 4.80. The molecule has 3 rings (SSSR count). The summed E-state index contributed by atoms with van der Waals surface area (Å²) in [4.78, 5) is 23.7. The van der Waals surface area contributed by atoms with Crippen molar-refractivity contribution in [1.29, 1.82) is 5.26 Å². The highest BCUT2D eigenvalue weighted by molar-refractivity contribution is 7.92. The van der Waals surface area contributed by atoms with E-state index in [1.165, 1.54) is 24.3 Å². The second-order valence-corrected chi connectivity index (χ2v) is 9.49. The van der Waals surface area contributed by atoms with Crippen LogP contribution in [0.2, 0.25) is 5.02 Å². The number of halogens is 1. The molecule has 0 saturated heterocycles. The summed E-state index contributed by atoms with van der Waals surface area (Å²) >= 11 is 6.09. The van der Waals surface area contributed by atoms with Crippen molar-refractivity contribution < 1.29 is 17.9 Å². The van der Waals surface area contributed by atoms with E-state index in [0.29, 0.717) is 0 Å². The summed E-state index contributed by atoms with van der Waals surface area (Å²) in [6.45, 7) is -0.148. The van der Waals surface area contributed by atoms with E-state index < -0.39 is 32.8 Å². The fourth-order valence-electron chi connectivity index (χ4n) is 3.55. The summed E-state index contributed by atoms with van der Waals surface area (Å²) in [6, 6.07) is 10.6. The molecule has 1 unspecified atom stereocenters. The number of hydrogen-bond acceptors (Lipinski definition) is 7. The van der Waals surface area contributed by atoms with Gasteiger partial charge in [-0.05, 0) is 25.0 Å². The molecule has 0 bridgehead atoms. The number of H-pyrrole nitrogens is 1. The molecule has 1 aromatic heterocycles. The Balaban J connectivity index is 1.81. The van der Waals surface area contributed by atoms with Crippen LogP contribution >= 0.6 is 11.6 Å². The fraction of sp³-hybridized carbons (Fsp3) is 0.368. The Morgan fingerprint density at radius 3 is 2.73 bits per heavy atom. The molecule has 1 aliphatic rings. The second kappa shape index (κ2) is 9.28. The van der Waals surface area contributed by atoms with Gasteiger partial charge in [-0.3, -0.25) is 9.59 Å². The maximum Gasteiger partial charge on any atom is 0.264 e. The molecule has 158 valence electrons. The van der Waals surface area contributed by atoms with E-state index in [0.717, 1.165) is 0 Å². The number of ether oxygens (including phenoxy) is 1. The first-order valence-electron chi connectivity index (χ1n) is 9.14. The van der Waals surface area contributed by atoms with Gasteiger partial charge in [-0.1, -0.05) is 23.7 Å². The van der Waals surface area contributed by atoms with Crippen LogP contribution in [0.5, 0.6) is 5.88 Å². The molecule has 9 nitrogen and oxygen atoms in total. The monoisotopic (exact) mass is 450 g/mol. The minimum absolute atomic E-state index is 0.0247. The largest absolute Gasteiger partial charge is 0.476 e. The molecule has 1 aliphatic carbocycles. The predicted octanol–water partition coefficient (Wildman–Crippen LogP) is 1.31. The fourth-order valence-corrected chi connectivity index (χ4v) is 5.94. The minimum Gasteiger partial charge on any atom is -0.476 e. The summed E-state index contributed by atoms with van der Waals surface area (Å²) in [6.07, 6.45) is 0.263. The highest BCUT2D eigenvalue weighted by atomic mass is 35.5. The van der Waals surface area contributed by atoms with Gasteiger partial charge in [0.1, 0.15) is 6.54 Å². The van der Waals surface area contributed by atoms with E-state index in [2.05, 4.69) is 15.5 Å². The van der Waals surface area contributed by atoms with Crippen molar-refractivity contribution in [2.24, 2.45) is 11.8 Å². The van der Waals surface area contributed by atoms with Crippen LogP contribution in [0.4, 0.5) is 0 Å². The van der Waals surface area contributed by atoms with E-state index in [-0.39, 0.29) is 47.4 Å². The van der Waals surface area contributed by atoms with E-state index in [9.17, 15) is 18.0 Å². The number of hydrogen-bond donors (Lipinski definition) is 2. The Labute approximate surface area is 177 Å². The van der Waals surface area contributed by atoms with Crippen LogP contribution in [0.3, 0.4) is 0 Å². The number of carbonyl (C=O) groups is 1. The van der Waals surface area contributed by atoms with Crippen LogP contribution < -0.4 is 15.6 Å². The van der Waals surface area contributed by atoms with Gasteiger partial charge in [-0.25, -0.2) is 13.5 Å². The number of nitrogens with one attached hydrogen (secondary N) is 2. The van der Waals surface area contributed by atoms with Gasteiger partial charge in [0, 0.05) is 24.0 Å². The number of rotatable bonds is 7. The van der Waals surface area contributed by atoms with Gasteiger partial charge < -0.3 is 10.1 Å². The Morgan fingerprint density at radius 1 is 1.30 bits per heavy atom. The van der Waals surface area contributed by atoms with Crippen molar-refractivity contribution >= 4 is 27.3 Å². The molecule has 11 heteroatoms. The number of aromatic nitrogens is 2. The molecular formula is C19H19ClN4O5S. The summed E-state index contributed by atoms with van der Waals surface area (Å²) in [5, 5.41) is 16.5. The Morgan fingerprint density at radius 2 is 2.07 bits per heavy atom. The lowest BCUT2D eigenvalue weighted by molar-refractivity contribution is -0.126. The van der Waals surface area contributed by atoms with Crippen molar-refractivity contribution in [2.75, 3.05) is 13.2 Å². The molecule has 0 aliphatic heterocycles. The first-order valence-corrected chi connectivity index (χ1v) is 11.1. The summed E-state index contributed by atoms with van der Waals surface area (Å²) < 4.78 is 31.8. The van der Waals surface area contributed by atoms with E-state index in [4.69, 9.17) is 21.6 Å². The van der Waals surface area contributed by atoms with Gasteiger partial charge in [0.2, 0.25) is 11.8 Å². The molecule has 1 aromatic carbocycles. The van der Waals surface area contributed by atoms with Gasteiger partial charge in [0.15, 0.2) is 9.84 Å². The summed E-state index contributed by atoms with van der Waals surface area (Å²) in [5.41, 5.74) is -0.386.